The predicted molar refractivity (Wildman–Crippen MR) is 86.0 cm³/mol. The summed E-state index contributed by atoms with van der Waals surface area (Å²) in [6.45, 7) is 0. The third-order valence-corrected chi connectivity index (χ3v) is 4.37. The SMILES string of the molecule is N=C(N)C(CSc1cccc(Br)c1)c1ccccc1. The fraction of sp³-hybridized carbons (Fsp3) is 0.133. The number of amidine groups is 1. The molecular formula is C15H15BrN2S. The third-order valence-electron chi connectivity index (χ3n) is 2.79. The average molecular weight is 335 g/mol. The summed E-state index contributed by atoms with van der Waals surface area (Å²) in [5.74, 6) is 0.953. The van der Waals surface area contributed by atoms with Crippen molar-refractivity contribution in [2.24, 2.45) is 5.73 Å². The Hall–Kier alpha value is -1.26. The summed E-state index contributed by atoms with van der Waals surface area (Å²) < 4.78 is 1.07. The molecule has 4 heteroatoms. The van der Waals surface area contributed by atoms with Crippen molar-refractivity contribution >= 4 is 33.5 Å². The summed E-state index contributed by atoms with van der Waals surface area (Å²) in [7, 11) is 0. The van der Waals surface area contributed by atoms with Crippen LogP contribution in [0.1, 0.15) is 11.5 Å². The normalized spacial score (nSPS) is 12.1. The summed E-state index contributed by atoms with van der Waals surface area (Å²) in [6.07, 6.45) is 0. The molecule has 2 rings (SSSR count). The van der Waals surface area contributed by atoms with Gasteiger partial charge in [0.25, 0.3) is 0 Å². The predicted octanol–water partition coefficient (Wildman–Crippen LogP) is 4.26. The van der Waals surface area contributed by atoms with Gasteiger partial charge in [-0.25, -0.2) is 0 Å². The summed E-state index contributed by atoms with van der Waals surface area (Å²) in [5, 5.41) is 7.75. The largest absolute Gasteiger partial charge is 0.387 e. The van der Waals surface area contributed by atoms with Gasteiger partial charge in [-0.2, -0.15) is 0 Å². The van der Waals surface area contributed by atoms with E-state index in [0.29, 0.717) is 0 Å². The first kappa shape index (κ1) is 14.2. The Morgan fingerprint density at radius 1 is 1.16 bits per heavy atom. The minimum Gasteiger partial charge on any atom is -0.387 e. The minimum absolute atomic E-state index is 0.0369. The van der Waals surface area contributed by atoms with Crippen molar-refractivity contribution in [2.75, 3.05) is 5.75 Å². The average Bonchev–Trinajstić information content (AvgIpc) is 2.40. The molecule has 98 valence electrons. The van der Waals surface area contributed by atoms with Crippen LogP contribution in [0.4, 0.5) is 0 Å². The van der Waals surface area contributed by atoms with Gasteiger partial charge in [0.15, 0.2) is 0 Å². The van der Waals surface area contributed by atoms with E-state index in [1.54, 1.807) is 11.8 Å². The molecule has 0 aliphatic carbocycles. The van der Waals surface area contributed by atoms with Gasteiger partial charge in [-0.05, 0) is 23.8 Å². The van der Waals surface area contributed by atoms with Crippen molar-refractivity contribution in [3.63, 3.8) is 0 Å². The molecule has 2 aromatic rings. The number of hydrogen-bond donors (Lipinski definition) is 2. The Kier molecular flexibility index (Phi) is 5.05. The number of nitrogens with one attached hydrogen (secondary N) is 1. The summed E-state index contributed by atoms with van der Waals surface area (Å²) >= 11 is 5.18. The quantitative estimate of drug-likeness (QED) is 0.487. The lowest BCUT2D eigenvalue weighted by Gasteiger charge is -2.15. The second-order valence-electron chi connectivity index (χ2n) is 4.19. The zero-order chi connectivity index (χ0) is 13.7. The van der Waals surface area contributed by atoms with Crippen LogP contribution in [-0.2, 0) is 0 Å². The van der Waals surface area contributed by atoms with Crippen molar-refractivity contribution in [2.45, 2.75) is 10.8 Å². The molecule has 1 atom stereocenters. The molecule has 19 heavy (non-hydrogen) atoms. The molecule has 0 heterocycles. The van der Waals surface area contributed by atoms with Gasteiger partial charge < -0.3 is 5.73 Å². The number of nitrogens with two attached hydrogens (primary N) is 1. The Labute approximate surface area is 126 Å². The van der Waals surface area contributed by atoms with Crippen LogP contribution in [0, 0.1) is 5.41 Å². The fourth-order valence-electron chi connectivity index (χ4n) is 1.79. The Morgan fingerprint density at radius 3 is 2.53 bits per heavy atom. The lowest BCUT2D eigenvalue weighted by molar-refractivity contribution is 1.01. The highest BCUT2D eigenvalue weighted by Gasteiger charge is 2.14. The summed E-state index contributed by atoms with van der Waals surface area (Å²) in [5.41, 5.74) is 6.82. The highest BCUT2D eigenvalue weighted by Crippen LogP contribution is 2.27. The van der Waals surface area contributed by atoms with E-state index >= 15 is 0 Å². The number of rotatable bonds is 5. The van der Waals surface area contributed by atoms with Crippen LogP contribution in [0.25, 0.3) is 0 Å². The highest BCUT2D eigenvalue weighted by molar-refractivity contribution is 9.10. The molecule has 0 amide bonds. The number of thioether (sulfide) groups is 1. The van der Waals surface area contributed by atoms with Crippen molar-refractivity contribution in [1.82, 2.24) is 0 Å². The van der Waals surface area contributed by atoms with Crippen LogP contribution in [0.3, 0.4) is 0 Å². The van der Waals surface area contributed by atoms with E-state index in [4.69, 9.17) is 11.1 Å². The molecule has 0 radical (unpaired) electrons. The van der Waals surface area contributed by atoms with Gasteiger partial charge in [-0.3, -0.25) is 5.41 Å². The van der Waals surface area contributed by atoms with Crippen molar-refractivity contribution in [3.8, 4) is 0 Å². The summed E-state index contributed by atoms with van der Waals surface area (Å²) in [4.78, 5) is 1.18. The Bertz CT molecular complexity index is 557. The van der Waals surface area contributed by atoms with E-state index in [0.717, 1.165) is 15.8 Å². The molecule has 0 aliphatic heterocycles. The molecule has 2 nitrogen and oxygen atoms in total. The van der Waals surface area contributed by atoms with Gasteiger partial charge in [0.1, 0.15) is 0 Å². The Balaban J connectivity index is 2.08. The van der Waals surface area contributed by atoms with E-state index in [2.05, 4.69) is 28.1 Å². The van der Waals surface area contributed by atoms with Crippen LogP contribution < -0.4 is 5.73 Å². The smallest absolute Gasteiger partial charge is 0.0990 e. The van der Waals surface area contributed by atoms with E-state index < -0.39 is 0 Å². The van der Waals surface area contributed by atoms with E-state index in [9.17, 15) is 0 Å². The van der Waals surface area contributed by atoms with Crippen LogP contribution in [-0.4, -0.2) is 11.6 Å². The molecule has 1 unspecified atom stereocenters. The van der Waals surface area contributed by atoms with Crippen molar-refractivity contribution in [3.05, 3.63) is 64.6 Å². The number of hydrogen-bond acceptors (Lipinski definition) is 2. The molecule has 3 N–H and O–H groups in total. The van der Waals surface area contributed by atoms with E-state index in [1.165, 1.54) is 4.90 Å². The molecule has 2 aromatic carbocycles. The lowest BCUT2D eigenvalue weighted by atomic mass is 10.0. The van der Waals surface area contributed by atoms with Gasteiger partial charge in [-0.15, -0.1) is 11.8 Å². The van der Waals surface area contributed by atoms with Gasteiger partial charge >= 0.3 is 0 Å². The maximum atomic E-state index is 7.75. The van der Waals surface area contributed by atoms with Gasteiger partial charge in [0.2, 0.25) is 0 Å². The lowest BCUT2D eigenvalue weighted by Crippen LogP contribution is -2.22. The zero-order valence-electron chi connectivity index (χ0n) is 10.3. The zero-order valence-corrected chi connectivity index (χ0v) is 12.7. The van der Waals surface area contributed by atoms with Crippen molar-refractivity contribution < 1.29 is 0 Å². The first-order valence-electron chi connectivity index (χ1n) is 5.94. The first-order chi connectivity index (χ1) is 9.16. The second-order valence-corrected chi connectivity index (χ2v) is 6.20. The topological polar surface area (TPSA) is 49.9 Å². The number of halogens is 1. The highest BCUT2D eigenvalue weighted by atomic mass is 79.9. The fourth-order valence-corrected chi connectivity index (χ4v) is 3.45. The Morgan fingerprint density at radius 2 is 1.89 bits per heavy atom. The molecule has 0 fully saturated rings. The maximum Gasteiger partial charge on any atom is 0.0990 e. The van der Waals surface area contributed by atoms with Gasteiger partial charge in [0.05, 0.1) is 11.8 Å². The minimum atomic E-state index is -0.0369. The van der Waals surface area contributed by atoms with Gasteiger partial charge in [-0.1, -0.05) is 52.3 Å². The first-order valence-corrected chi connectivity index (χ1v) is 7.72. The number of benzene rings is 2. The standard InChI is InChI=1S/C15H15BrN2S/c16-12-7-4-8-13(9-12)19-10-14(15(17)18)11-5-2-1-3-6-11/h1-9,14H,10H2,(H3,17,18). The van der Waals surface area contributed by atoms with Gasteiger partial charge in [0, 0.05) is 15.1 Å². The monoisotopic (exact) mass is 334 g/mol. The van der Waals surface area contributed by atoms with E-state index in [-0.39, 0.29) is 11.8 Å². The van der Waals surface area contributed by atoms with Crippen LogP contribution in [0.2, 0.25) is 0 Å². The van der Waals surface area contributed by atoms with Crippen LogP contribution >= 0.6 is 27.7 Å². The molecule has 0 saturated carbocycles. The third kappa shape index (κ3) is 4.11. The molecule has 0 bridgehead atoms. The molecule has 0 aromatic heterocycles. The van der Waals surface area contributed by atoms with Crippen LogP contribution in [0.15, 0.2) is 64.0 Å². The van der Waals surface area contributed by atoms with Crippen LogP contribution in [0.5, 0.6) is 0 Å². The van der Waals surface area contributed by atoms with E-state index in [1.807, 2.05) is 42.5 Å². The molecule has 0 aliphatic rings. The second kappa shape index (κ2) is 6.78. The maximum absolute atomic E-state index is 7.75. The molecule has 0 spiro atoms. The van der Waals surface area contributed by atoms with Crippen molar-refractivity contribution in [1.29, 1.82) is 5.41 Å². The molecular weight excluding hydrogens is 320 g/mol. The molecule has 0 saturated heterocycles. The summed E-state index contributed by atoms with van der Waals surface area (Å²) in [6, 6.07) is 18.1.